The smallest absolute Gasteiger partial charge is 0.163 e. The number of ketones is 1. The summed E-state index contributed by atoms with van der Waals surface area (Å²) in [7, 11) is 0. The van der Waals surface area contributed by atoms with E-state index in [1.165, 1.54) is 0 Å². The van der Waals surface area contributed by atoms with Gasteiger partial charge in [-0.15, -0.1) is 6.58 Å². The molecule has 0 aromatic rings. The number of fused-ring (bicyclic) bond motifs is 1. The molecule has 1 saturated heterocycles. The van der Waals surface area contributed by atoms with Gasteiger partial charge in [-0.05, 0) is 26.2 Å². The van der Waals surface area contributed by atoms with Gasteiger partial charge in [0.1, 0.15) is 5.78 Å². The van der Waals surface area contributed by atoms with Gasteiger partial charge in [0.05, 0.1) is 12.2 Å². The van der Waals surface area contributed by atoms with Crippen LogP contribution in [0.3, 0.4) is 0 Å². The molecule has 3 atom stereocenters. The Labute approximate surface area is 90.4 Å². The second-order valence-corrected chi connectivity index (χ2v) is 4.87. The van der Waals surface area contributed by atoms with E-state index in [4.69, 9.17) is 9.47 Å². The highest BCUT2D eigenvalue weighted by Gasteiger charge is 2.48. The van der Waals surface area contributed by atoms with Gasteiger partial charge < -0.3 is 9.47 Å². The van der Waals surface area contributed by atoms with Crippen LogP contribution in [0, 0.1) is 5.92 Å². The average molecular weight is 210 g/mol. The lowest BCUT2D eigenvalue weighted by molar-refractivity contribution is -0.148. The molecule has 1 aliphatic heterocycles. The van der Waals surface area contributed by atoms with Crippen LogP contribution in [0.5, 0.6) is 0 Å². The highest BCUT2D eigenvalue weighted by Crippen LogP contribution is 2.39. The summed E-state index contributed by atoms with van der Waals surface area (Å²) in [6.45, 7) is 7.53. The zero-order chi connectivity index (χ0) is 11.1. The summed E-state index contributed by atoms with van der Waals surface area (Å²) in [4.78, 5) is 11.5. The molecule has 15 heavy (non-hydrogen) atoms. The molecule has 1 saturated carbocycles. The Bertz CT molecular complexity index is 283. The zero-order valence-corrected chi connectivity index (χ0v) is 9.36. The van der Waals surface area contributed by atoms with E-state index in [0.717, 1.165) is 6.42 Å². The minimum atomic E-state index is -0.542. The van der Waals surface area contributed by atoms with E-state index in [-0.39, 0.29) is 23.9 Å². The first-order valence-corrected chi connectivity index (χ1v) is 5.50. The van der Waals surface area contributed by atoms with Gasteiger partial charge >= 0.3 is 0 Å². The van der Waals surface area contributed by atoms with Crippen molar-refractivity contribution in [1.82, 2.24) is 0 Å². The molecular weight excluding hydrogens is 192 g/mol. The molecule has 84 valence electrons. The number of allylic oxidation sites excluding steroid dienone is 1. The summed E-state index contributed by atoms with van der Waals surface area (Å²) in [5.41, 5.74) is 0. The fourth-order valence-corrected chi connectivity index (χ4v) is 2.57. The fraction of sp³-hybridized carbons (Fsp3) is 0.750. The van der Waals surface area contributed by atoms with E-state index < -0.39 is 5.79 Å². The summed E-state index contributed by atoms with van der Waals surface area (Å²) >= 11 is 0. The van der Waals surface area contributed by atoms with E-state index in [1.807, 2.05) is 19.9 Å². The minimum Gasteiger partial charge on any atom is -0.344 e. The van der Waals surface area contributed by atoms with Gasteiger partial charge in [-0.25, -0.2) is 0 Å². The predicted octanol–water partition coefficient (Wildman–Crippen LogP) is 2.06. The number of carbonyl (C=O) groups excluding carboxylic acids is 1. The predicted molar refractivity (Wildman–Crippen MR) is 56.4 cm³/mol. The van der Waals surface area contributed by atoms with Crippen LogP contribution in [0.25, 0.3) is 0 Å². The molecule has 0 spiro atoms. The molecule has 3 nitrogen and oxygen atoms in total. The van der Waals surface area contributed by atoms with E-state index in [1.54, 1.807) is 0 Å². The Morgan fingerprint density at radius 2 is 2.20 bits per heavy atom. The molecule has 2 rings (SSSR count). The molecule has 0 amide bonds. The minimum absolute atomic E-state index is 0.0498. The van der Waals surface area contributed by atoms with Crippen LogP contribution in [-0.4, -0.2) is 23.8 Å². The lowest BCUT2D eigenvalue weighted by Crippen LogP contribution is -2.38. The second kappa shape index (κ2) is 3.72. The molecule has 0 N–H and O–H groups in total. The van der Waals surface area contributed by atoms with Crippen molar-refractivity contribution in [3.05, 3.63) is 12.7 Å². The van der Waals surface area contributed by atoms with Gasteiger partial charge in [-0.3, -0.25) is 4.79 Å². The van der Waals surface area contributed by atoms with Crippen molar-refractivity contribution in [1.29, 1.82) is 0 Å². The normalized spacial score (nSPS) is 38.8. The summed E-state index contributed by atoms with van der Waals surface area (Å²) in [5.74, 6) is -0.0146. The van der Waals surface area contributed by atoms with Gasteiger partial charge in [0, 0.05) is 12.8 Å². The van der Waals surface area contributed by atoms with Gasteiger partial charge in [-0.2, -0.15) is 0 Å². The quantitative estimate of drug-likeness (QED) is 0.654. The second-order valence-electron chi connectivity index (χ2n) is 4.87. The number of hydrogen-bond donors (Lipinski definition) is 0. The molecule has 2 aliphatic rings. The van der Waals surface area contributed by atoms with Crippen LogP contribution < -0.4 is 0 Å². The first kappa shape index (κ1) is 10.8. The van der Waals surface area contributed by atoms with Crippen molar-refractivity contribution < 1.29 is 14.3 Å². The number of Topliss-reactive ketones (excluding diaryl/α,β-unsaturated/α-hetero) is 1. The largest absolute Gasteiger partial charge is 0.344 e. The SMILES string of the molecule is C=CC[C@@H]1CC(=O)C[C@H]2OC(C)(C)O[C@@H]12. The maximum Gasteiger partial charge on any atom is 0.163 e. The molecule has 1 heterocycles. The van der Waals surface area contributed by atoms with Gasteiger partial charge in [0.2, 0.25) is 0 Å². The van der Waals surface area contributed by atoms with E-state index >= 15 is 0 Å². The third-order valence-corrected chi connectivity index (χ3v) is 3.07. The van der Waals surface area contributed by atoms with Gasteiger partial charge in [0.15, 0.2) is 5.79 Å². The zero-order valence-electron chi connectivity index (χ0n) is 9.36. The van der Waals surface area contributed by atoms with Crippen LogP contribution in [0.2, 0.25) is 0 Å². The lowest BCUT2D eigenvalue weighted by atomic mass is 9.82. The Morgan fingerprint density at radius 3 is 2.87 bits per heavy atom. The number of hydrogen-bond acceptors (Lipinski definition) is 3. The average Bonchev–Trinajstić information content (AvgIpc) is 2.40. The summed E-state index contributed by atoms with van der Waals surface area (Å²) in [6.07, 6.45) is 3.80. The topological polar surface area (TPSA) is 35.5 Å². The molecule has 0 radical (unpaired) electrons. The molecule has 0 bridgehead atoms. The van der Waals surface area contributed by atoms with Crippen LogP contribution in [0.1, 0.15) is 33.1 Å². The third-order valence-electron chi connectivity index (χ3n) is 3.07. The first-order valence-electron chi connectivity index (χ1n) is 5.50. The molecule has 0 aromatic heterocycles. The standard InChI is InChI=1S/C12H18O3/c1-4-5-8-6-9(13)7-10-11(8)15-12(2,3)14-10/h4,8,10-11H,1,5-7H2,2-3H3/t8-,10-,11+/m1/s1. The Balaban J connectivity index is 2.13. The summed E-state index contributed by atoms with van der Waals surface area (Å²) in [6, 6.07) is 0. The van der Waals surface area contributed by atoms with Crippen molar-refractivity contribution >= 4 is 5.78 Å². The molecule has 0 aromatic carbocycles. The Hall–Kier alpha value is -0.670. The van der Waals surface area contributed by atoms with Crippen LogP contribution in [0.15, 0.2) is 12.7 Å². The van der Waals surface area contributed by atoms with Crippen molar-refractivity contribution in [2.45, 2.75) is 51.1 Å². The Kier molecular flexibility index (Phi) is 2.69. The van der Waals surface area contributed by atoms with Crippen molar-refractivity contribution in [2.24, 2.45) is 5.92 Å². The van der Waals surface area contributed by atoms with Crippen LogP contribution >= 0.6 is 0 Å². The van der Waals surface area contributed by atoms with E-state index in [0.29, 0.717) is 12.8 Å². The summed E-state index contributed by atoms with van der Waals surface area (Å²) < 4.78 is 11.6. The highest BCUT2D eigenvalue weighted by atomic mass is 16.8. The maximum atomic E-state index is 11.5. The van der Waals surface area contributed by atoms with Crippen molar-refractivity contribution in [3.8, 4) is 0 Å². The third kappa shape index (κ3) is 2.13. The van der Waals surface area contributed by atoms with E-state index in [9.17, 15) is 4.79 Å². The van der Waals surface area contributed by atoms with E-state index in [2.05, 4.69) is 6.58 Å². The molecule has 1 aliphatic carbocycles. The molecular formula is C12H18O3. The first-order chi connectivity index (χ1) is 7.02. The lowest BCUT2D eigenvalue weighted by Gasteiger charge is -2.29. The van der Waals surface area contributed by atoms with Gasteiger partial charge in [-0.1, -0.05) is 6.08 Å². The van der Waals surface area contributed by atoms with Crippen molar-refractivity contribution in [2.75, 3.05) is 0 Å². The highest BCUT2D eigenvalue weighted by molar-refractivity contribution is 5.80. The van der Waals surface area contributed by atoms with Gasteiger partial charge in [0.25, 0.3) is 0 Å². The molecule has 2 fully saturated rings. The number of ether oxygens (including phenoxy) is 2. The maximum absolute atomic E-state index is 11.5. The Morgan fingerprint density at radius 1 is 1.47 bits per heavy atom. The number of carbonyl (C=O) groups is 1. The fourth-order valence-electron chi connectivity index (χ4n) is 2.57. The number of rotatable bonds is 2. The molecule has 0 unspecified atom stereocenters. The van der Waals surface area contributed by atoms with Crippen molar-refractivity contribution in [3.63, 3.8) is 0 Å². The monoisotopic (exact) mass is 210 g/mol. The van der Waals surface area contributed by atoms with Crippen LogP contribution in [0.4, 0.5) is 0 Å². The molecule has 3 heteroatoms. The summed E-state index contributed by atoms with van der Waals surface area (Å²) in [5, 5.41) is 0. The van der Waals surface area contributed by atoms with Crippen LogP contribution in [-0.2, 0) is 14.3 Å².